The van der Waals surface area contributed by atoms with E-state index in [1.165, 1.54) is 4.90 Å². The van der Waals surface area contributed by atoms with Crippen LogP contribution < -0.4 is 10.6 Å². The van der Waals surface area contributed by atoms with E-state index >= 15 is 0 Å². The van der Waals surface area contributed by atoms with Gasteiger partial charge in [-0.3, -0.25) is 14.5 Å². The Balaban J connectivity index is 1.54. The van der Waals surface area contributed by atoms with Crippen molar-refractivity contribution in [2.24, 2.45) is 5.92 Å². The minimum Gasteiger partial charge on any atom is -0.445 e. The predicted octanol–water partition coefficient (Wildman–Crippen LogP) is 3.67. The van der Waals surface area contributed by atoms with E-state index in [4.69, 9.17) is 4.74 Å². The highest BCUT2D eigenvalue weighted by Gasteiger charge is 2.36. The van der Waals surface area contributed by atoms with E-state index in [0.29, 0.717) is 25.1 Å². The van der Waals surface area contributed by atoms with E-state index < -0.39 is 12.1 Å². The first-order valence-corrected chi connectivity index (χ1v) is 11.5. The Kier molecular flexibility index (Phi) is 8.46. The summed E-state index contributed by atoms with van der Waals surface area (Å²) in [6, 6.07) is 16.0. The van der Waals surface area contributed by atoms with Gasteiger partial charge in [0.15, 0.2) is 0 Å². The zero-order valence-electron chi connectivity index (χ0n) is 19.5. The molecule has 1 aliphatic rings. The summed E-state index contributed by atoms with van der Waals surface area (Å²) in [6.45, 7) is 6.91. The van der Waals surface area contributed by atoms with E-state index in [1.807, 2.05) is 63.2 Å². The number of carbonyl (C=O) groups is 3. The topological polar surface area (TPSA) is 87.7 Å². The lowest BCUT2D eigenvalue weighted by atomic mass is 10.0. The average molecular weight is 452 g/mol. The van der Waals surface area contributed by atoms with Crippen LogP contribution in [0.1, 0.15) is 48.2 Å². The number of nitrogens with one attached hydrogen (secondary N) is 2. The molecule has 2 atom stereocenters. The summed E-state index contributed by atoms with van der Waals surface area (Å²) in [6.07, 6.45) is 0.854. The van der Waals surface area contributed by atoms with E-state index in [-0.39, 0.29) is 30.4 Å². The highest BCUT2D eigenvalue weighted by atomic mass is 16.6. The van der Waals surface area contributed by atoms with Crippen molar-refractivity contribution in [3.8, 4) is 0 Å². The Morgan fingerprint density at radius 1 is 1.06 bits per heavy atom. The van der Waals surface area contributed by atoms with Crippen LogP contribution in [0.5, 0.6) is 0 Å². The molecule has 2 N–H and O–H groups in total. The van der Waals surface area contributed by atoms with Crippen molar-refractivity contribution in [2.75, 3.05) is 13.1 Å². The molecule has 3 rings (SSSR count). The number of amides is 3. The molecule has 3 amide bonds. The van der Waals surface area contributed by atoms with Gasteiger partial charge in [0.2, 0.25) is 5.91 Å². The number of hydrogen-bond donors (Lipinski definition) is 2. The van der Waals surface area contributed by atoms with Gasteiger partial charge in [-0.25, -0.2) is 4.79 Å². The highest BCUT2D eigenvalue weighted by molar-refractivity contribution is 5.94. The van der Waals surface area contributed by atoms with Gasteiger partial charge in [-0.2, -0.15) is 0 Å². The molecule has 1 heterocycles. The molecule has 2 aromatic rings. The number of ether oxygens (including phenoxy) is 1. The number of aryl methyl sites for hydroxylation is 1. The molecule has 1 saturated heterocycles. The zero-order valence-corrected chi connectivity index (χ0v) is 19.5. The van der Waals surface area contributed by atoms with Crippen molar-refractivity contribution >= 4 is 17.9 Å². The Hall–Kier alpha value is -3.35. The zero-order chi connectivity index (χ0) is 23.8. The number of likely N-dealkylation sites (tertiary alicyclic amines) is 1. The van der Waals surface area contributed by atoms with Crippen molar-refractivity contribution in [3.05, 3.63) is 71.3 Å². The Morgan fingerprint density at radius 2 is 1.76 bits per heavy atom. The second-order valence-corrected chi connectivity index (χ2v) is 8.83. The maximum absolute atomic E-state index is 13.0. The summed E-state index contributed by atoms with van der Waals surface area (Å²) in [7, 11) is 0. The second-order valence-electron chi connectivity index (χ2n) is 8.83. The summed E-state index contributed by atoms with van der Waals surface area (Å²) in [5.74, 6) is -0.290. The maximum Gasteiger partial charge on any atom is 0.410 e. The van der Waals surface area contributed by atoms with Crippen LogP contribution >= 0.6 is 0 Å². The van der Waals surface area contributed by atoms with Crippen LogP contribution in [0.2, 0.25) is 0 Å². The molecule has 0 aliphatic carbocycles. The van der Waals surface area contributed by atoms with Gasteiger partial charge in [-0.1, -0.05) is 61.9 Å². The van der Waals surface area contributed by atoms with Gasteiger partial charge in [0, 0.05) is 24.7 Å². The molecule has 7 nitrogen and oxygen atoms in total. The van der Waals surface area contributed by atoms with Gasteiger partial charge in [-0.15, -0.1) is 0 Å². The predicted molar refractivity (Wildman–Crippen MR) is 127 cm³/mol. The molecule has 33 heavy (non-hydrogen) atoms. The quantitative estimate of drug-likeness (QED) is 0.641. The first kappa shape index (κ1) is 24.3. The molecule has 0 aromatic heterocycles. The molecule has 0 unspecified atom stereocenters. The normalized spacial score (nSPS) is 16.4. The number of rotatable bonds is 8. The third kappa shape index (κ3) is 6.81. The highest BCUT2D eigenvalue weighted by Crippen LogP contribution is 2.20. The van der Waals surface area contributed by atoms with Crippen LogP contribution in [0.15, 0.2) is 54.6 Å². The molecule has 176 valence electrons. The van der Waals surface area contributed by atoms with E-state index in [1.54, 1.807) is 12.1 Å². The van der Waals surface area contributed by atoms with Crippen molar-refractivity contribution in [2.45, 2.75) is 52.3 Å². The Morgan fingerprint density at radius 3 is 2.42 bits per heavy atom. The Labute approximate surface area is 195 Å². The number of nitrogens with zero attached hydrogens (tertiary/aromatic N) is 1. The van der Waals surface area contributed by atoms with Crippen LogP contribution in [0, 0.1) is 12.8 Å². The minimum atomic E-state index is -0.567. The molecule has 0 radical (unpaired) electrons. The van der Waals surface area contributed by atoms with Crippen molar-refractivity contribution in [1.82, 2.24) is 15.5 Å². The first-order valence-electron chi connectivity index (χ1n) is 11.5. The van der Waals surface area contributed by atoms with Crippen molar-refractivity contribution in [1.29, 1.82) is 0 Å². The molecule has 0 spiro atoms. The van der Waals surface area contributed by atoms with Crippen LogP contribution in [0.4, 0.5) is 4.79 Å². The second kappa shape index (κ2) is 11.5. The summed E-state index contributed by atoms with van der Waals surface area (Å²) in [4.78, 5) is 39.6. The minimum absolute atomic E-state index is 0.104. The molecule has 0 saturated carbocycles. The Bertz CT molecular complexity index is 944. The lowest BCUT2D eigenvalue weighted by molar-refractivity contribution is -0.126. The molecular formula is C26H33N3O4. The summed E-state index contributed by atoms with van der Waals surface area (Å²) < 4.78 is 5.43. The molecule has 1 fully saturated rings. The van der Waals surface area contributed by atoms with Crippen molar-refractivity contribution in [3.63, 3.8) is 0 Å². The van der Waals surface area contributed by atoms with Crippen LogP contribution in [0.3, 0.4) is 0 Å². The number of hydrogen-bond acceptors (Lipinski definition) is 4. The number of benzene rings is 2. The van der Waals surface area contributed by atoms with E-state index in [0.717, 1.165) is 17.5 Å². The first-order chi connectivity index (χ1) is 15.8. The SMILES string of the molecule is Cc1ccc(C(=O)NC[C@@H](NC(=O)[C@H]2CCCN2C(=O)OCc2ccccc2)C(C)C)cc1. The fourth-order valence-electron chi connectivity index (χ4n) is 3.80. The molecule has 7 heteroatoms. The molecular weight excluding hydrogens is 418 g/mol. The van der Waals surface area contributed by atoms with Gasteiger partial charge in [-0.05, 0) is 43.4 Å². The van der Waals surface area contributed by atoms with E-state index in [9.17, 15) is 14.4 Å². The summed E-state index contributed by atoms with van der Waals surface area (Å²) >= 11 is 0. The fourth-order valence-corrected chi connectivity index (χ4v) is 3.80. The van der Waals surface area contributed by atoms with Gasteiger partial charge in [0.1, 0.15) is 12.6 Å². The van der Waals surface area contributed by atoms with Crippen LogP contribution in [-0.2, 0) is 16.1 Å². The van der Waals surface area contributed by atoms with Gasteiger partial charge in [0.25, 0.3) is 5.91 Å². The third-order valence-corrected chi connectivity index (χ3v) is 5.92. The van der Waals surface area contributed by atoms with E-state index in [2.05, 4.69) is 10.6 Å². The molecule has 0 bridgehead atoms. The summed E-state index contributed by atoms with van der Waals surface area (Å²) in [5.41, 5.74) is 2.56. The lowest BCUT2D eigenvalue weighted by Crippen LogP contribution is -2.53. The maximum atomic E-state index is 13.0. The average Bonchev–Trinajstić information content (AvgIpc) is 3.31. The number of carbonyl (C=O) groups excluding carboxylic acids is 3. The van der Waals surface area contributed by atoms with Crippen LogP contribution in [0.25, 0.3) is 0 Å². The largest absolute Gasteiger partial charge is 0.445 e. The monoisotopic (exact) mass is 451 g/mol. The lowest BCUT2D eigenvalue weighted by Gasteiger charge is -2.28. The summed E-state index contributed by atoms with van der Waals surface area (Å²) in [5, 5.41) is 5.94. The van der Waals surface area contributed by atoms with Gasteiger partial charge in [0.05, 0.1) is 0 Å². The van der Waals surface area contributed by atoms with Gasteiger partial charge < -0.3 is 15.4 Å². The third-order valence-electron chi connectivity index (χ3n) is 5.92. The standard InChI is InChI=1S/C26H33N3O4/c1-18(2)22(16-27-24(30)21-13-11-19(3)12-14-21)28-25(31)23-10-7-15-29(23)26(32)33-17-20-8-5-4-6-9-20/h4-6,8-9,11-14,18,22-23H,7,10,15-17H2,1-3H3,(H,27,30)(H,28,31)/t22-,23-/m1/s1. The van der Waals surface area contributed by atoms with Crippen LogP contribution in [-0.4, -0.2) is 48.0 Å². The smallest absolute Gasteiger partial charge is 0.410 e. The van der Waals surface area contributed by atoms with Gasteiger partial charge >= 0.3 is 6.09 Å². The molecule has 1 aliphatic heterocycles. The fraction of sp³-hybridized carbons (Fsp3) is 0.423. The molecule has 2 aromatic carbocycles. The van der Waals surface area contributed by atoms with Crippen molar-refractivity contribution < 1.29 is 19.1 Å².